The molecular formula is C20H22N2O4S. The number of carbonyl (C=O) groups is 3. The molecule has 0 saturated heterocycles. The minimum absolute atomic E-state index is 0.0436. The fourth-order valence-corrected chi connectivity index (χ4v) is 4.13. The fourth-order valence-electron chi connectivity index (χ4n) is 3.24. The summed E-state index contributed by atoms with van der Waals surface area (Å²) in [5.41, 5.74) is 1.46. The average Bonchev–Trinajstić information content (AvgIpc) is 3.14. The highest BCUT2D eigenvalue weighted by Gasteiger charge is 2.28. The van der Waals surface area contributed by atoms with Crippen LogP contribution >= 0.6 is 11.3 Å². The van der Waals surface area contributed by atoms with E-state index in [1.807, 2.05) is 18.4 Å². The Bertz CT molecular complexity index is 861. The van der Waals surface area contributed by atoms with Gasteiger partial charge in [-0.15, -0.1) is 11.3 Å². The number of carboxylic acids is 1. The third kappa shape index (κ3) is 4.36. The fraction of sp³-hybridized carbons (Fsp3) is 0.350. The van der Waals surface area contributed by atoms with E-state index in [1.54, 1.807) is 22.3 Å². The predicted molar refractivity (Wildman–Crippen MR) is 103 cm³/mol. The van der Waals surface area contributed by atoms with Crippen LogP contribution in [0.4, 0.5) is 0 Å². The van der Waals surface area contributed by atoms with Crippen molar-refractivity contribution in [2.75, 3.05) is 6.54 Å². The first kappa shape index (κ1) is 19.1. The van der Waals surface area contributed by atoms with E-state index < -0.39 is 17.9 Å². The van der Waals surface area contributed by atoms with E-state index in [0.29, 0.717) is 19.5 Å². The van der Waals surface area contributed by atoms with Crippen LogP contribution in [0.3, 0.4) is 0 Å². The van der Waals surface area contributed by atoms with Crippen LogP contribution in [0.1, 0.15) is 50.9 Å². The Balaban J connectivity index is 1.71. The number of carbonyl (C=O) groups excluding carboxylic acids is 2. The molecule has 0 spiro atoms. The first-order valence-electron chi connectivity index (χ1n) is 8.98. The second-order valence-corrected chi connectivity index (χ2v) is 7.58. The van der Waals surface area contributed by atoms with E-state index in [4.69, 9.17) is 5.11 Å². The topological polar surface area (TPSA) is 86.7 Å². The van der Waals surface area contributed by atoms with Gasteiger partial charge in [-0.1, -0.05) is 19.4 Å². The van der Waals surface area contributed by atoms with Crippen LogP contribution in [0.15, 0.2) is 35.7 Å². The molecule has 1 unspecified atom stereocenters. The molecule has 1 atom stereocenters. The van der Waals surface area contributed by atoms with Gasteiger partial charge in [0.05, 0.1) is 5.56 Å². The zero-order chi connectivity index (χ0) is 19.4. The summed E-state index contributed by atoms with van der Waals surface area (Å²) in [7, 11) is 0. The maximum absolute atomic E-state index is 13.0. The van der Waals surface area contributed by atoms with Gasteiger partial charge >= 0.3 is 5.97 Å². The van der Waals surface area contributed by atoms with Crippen LogP contribution in [0.5, 0.6) is 0 Å². The summed E-state index contributed by atoms with van der Waals surface area (Å²) < 4.78 is 0. The Hall–Kier alpha value is -2.67. The van der Waals surface area contributed by atoms with Crippen molar-refractivity contribution in [3.63, 3.8) is 0 Å². The van der Waals surface area contributed by atoms with Crippen LogP contribution in [0.2, 0.25) is 0 Å². The molecule has 0 fully saturated rings. The third-order valence-electron chi connectivity index (χ3n) is 4.67. The van der Waals surface area contributed by atoms with Crippen LogP contribution < -0.4 is 5.32 Å². The maximum atomic E-state index is 13.0. The predicted octanol–water partition coefficient (Wildman–Crippen LogP) is 2.93. The number of benzene rings is 1. The van der Waals surface area contributed by atoms with Gasteiger partial charge in [-0.2, -0.15) is 0 Å². The van der Waals surface area contributed by atoms with Gasteiger partial charge in [0.25, 0.3) is 5.91 Å². The molecule has 1 aliphatic rings. The average molecular weight is 386 g/mol. The molecule has 7 heteroatoms. The number of hydrogen-bond donors (Lipinski definition) is 2. The number of nitrogens with one attached hydrogen (secondary N) is 1. The molecule has 0 aliphatic carbocycles. The molecule has 1 aliphatic heterocycles. The van der Waals surface area contributed by atoms with Crippen molar-refractivity contribution in [1.29, 1.82) is 0 Å². The SMILES string of the molecule is CCCC(NC(=O)c1cccc(C(=O)O)c1)C(=O)N1CCc2sccc2C1. The van der Waals surface area contributed by atoms with Crippen LogP contribution in [-0.2, 0) is 17.8 Å². The van der Waals surface area contributed by atoms with Gasteiger partial charge in [0.1, 0.15) is 6.04 Å². The monoisotopic (exact) mass is 386 g/mol. The molecule has 2 aromatic rings. The van der Waals surface area contributed by atoms with Gasteiger partial charge in [-0.25, -0.2) is 4.79 Å². The highest BCUT2D eigenvalue weighted by Crippen LogP contribution is 2.24. The maximum Gasteiger partial charge on any atom is 0.335 e. The molecule has 1 aromatic carbocycles. The lowest BCUT2D eigenvalue weighted by molar-refractivity contribution is -0.134. The molecule has 6 nitrogen and oxygen atoms in total. The molecule has 2 N–H and O–H groups in total. The summed E-state index contributed by atoms with van der Waals surface area (Å²) in [6, 6.07) is 7.26. The summed E-state index contributed by atoms with van der Waals surface area (Å²) in [5, 5.41) is 13.9. The highest BCUT2D eigenvalue weighted by molar-refractivity contribution is 7.10. The molecule has 0 radical (unpaired) electrons. The summed E-state index contributed by atoms with van der Waals surface area (Å²) in [6.45, 7) is 3.18. The van der Waals surface area contributed by atoms with Crippen molar-refractivity contribution >= 4 is 29.1 Å². The summed E-state index contributed by atoms with van der Waals surface area (Å²) in [4.78, 5) is 39.8. The van der Waals surface area contributed by atoms with E-state index in [0.717, 1.165) is 12.8 Å². The molecule has 2 amide bonds. The minimum Gasteiger partial charge on any atom is -0.478 e. The minimum atomic E-state index is -1.09. The van der Waals surface area contributed by atoms with Gasteiger partial charge in [-0.05, 0) is 48.1 Å². The van der Waals surface area contributed by atoms with Crippen molar-refractivity contribution < 1.29 is 19.5 Å². The second kappa shape index (κ2) is 8.35. The number of amides is 2. The Kier molecular flexibility index (Phi) is 5.91. The lowest BCUT2D eigenvalue weighted by atomic mass is 10.0. The molecule has 2 heterocycles. The Morgan fingerprint density at radius 3 is 2.78 bits per heavy atom. The van der Waals surface area contributed by atoms with Gasteiger partial charge < -0.3 is 15.3 Å². The number of rotatable bonds is 6. The lowest BCUT2D eigenvalue weighted by Crippen LogP contribution is -2.49. The smallest absolute Gasteiger partial charge is 0.335 e. The van der Waals surface area contributed by atoms with Gasteiger partial charge in [0.15, 0.2) is 0 Å². The van der Waals surface area contributed by atoms with E-state index in [-0.39, 0.29) is 17.0 Å². The molecule has 1 aromatic heterocycles. The van der Waals surface area contributed by atoms with E-state index >= 15 is 0 Å². The molecule has 142 valence electrons. The molecule has 0 saturated carbocycles. The number of hydrogen-bond acceptors (Lipinski definition) is 4. The first-order chi connectivity index (χ1) is 13.0. The molecule has 0 bridgehead atoms. The van der Waals surface area contributed by atoms with Crippen molar-refractivity contribution in [1.82, 2.24) is 10.2 Å². The quantitative estimate of drug-likeness (QED) is 0.799. The first-order valence-corrected chi connectivity index (χ1v) is 9.85. The zero-order valence-corrected chi connectivity index (χ0v) is 15.9. The number of thiophene rings is 1. The van der Waals surface area contributed by atoms with Gasteiger partial charge in [0, 0.05) is 23.5 Å². The van der Waals surface area contributed by atoms with Crippen LogP contribution in [-0.4, -0.2) is 40.4 Å². The zero-order valence-electron chi connectivity index (χ0n) is 15.1. The van der Waals surface area contributed by atoms with Crippen molar-refractivity contribution in [2.24, 2.45) is 0 Å². The van der Waals surface area contributed by atoms with Crippen LogP contribution in [0, 0.1) is 0 Å². The Labute approximate surface area is 161 Å². The van der Waals surface area contributed by atoms with E-state index in [9.17, 15) is 14.4 Å². The number of fused-ring (bicyclic) bond motifs is 1. The normalized spacial score (nSPS) is 14.3. The largest absolute Gasteiger partial charge is 0.478 e. The van der Waals surface area contributed by atoms with Crippen LogP contribution in [0.25, 0.3) is 0 Å². The number of aromatic carboxylic acids is 1. The van der Waals surface area contributed by atoms with Crippen molar-refractivity contribution in [3.05, 3.63) is 57.3 Å². The third-order valence-corrected chi connectivity index (χ3v) is 5.69. The summed E-state index contributed by atoms with van der Waals surface area (Å²) in [5.74, 6) is -1.61. The second-order valence-electron chi connectivity index (χ2n) is 6.58. The van der Waals surface area contributed by atoms with Crippen molar-refractivity contribution in [2.45, 2.75) is 38.8 Å². The number of nitrogens with zero attached hydrogens (tertiary/aromatic N) is 1. The number of carboxylic acid groups (broad SMARTS) is 1. The molecule has 3 rings (SSSR count). The van der Waals surface area contributed by atoms with Gasteiger partial charge in [0.2, 0.25) is 5.91 Å². The Morgan fingerprint density at radius 1 is 1.26 bits per heavy atom. The van der Waals surface area contributed by atoms with Crippen molar-refractivity contribution in [3.8, 4) is 0 Å². The molecule has 27 heavy (non-hydrogen) atoms. The summed E-state index contributed by atoms with van der Waals surface area (Å²) in [6.07, 6.45) is 2.13. The van der Waals surface area contributed by atoms with Gasteiger partial charge in [-0.3, -0.25) is 9.59 Å². The van der Waals surface area contributed by atoms with E-state index in [1.165, 1.54) is 28.6 Å². The van der Waals surface area contributed by atoms with E-state index in [2.05, 4.69) is 5.32 Å². The molecular weight excluding hydrogens is 364 g/mol. The summed E-state index contributed by atoms with van der Waals surface area (Å²) >= 11 is 1.71. The Morgan fingerprint density at radius 2 is 2.04 bits per heavy atom. The highest BCUT2D eigenvalue weighted by atomic mass is 32.1. The lowest BCUT2D eigenvalue weighted by Gasteiger charge is -2.31. The standard InChI is InChI=1S/C20H22N2O4S/c1-2-4-16(19(24)22-9-7-17-15(12-22)8-10-27-17)21-18(23)13-5-3-6-14(11-13)20(25)26/h3,5-6,8,10-11,16H,2,4,7,9,12H2,1H3,(H,21,23)(H,25,26).